The van der Waals surface area contributed by atoms with Crippen LogP contribution in [0.25, 0.3) is 0 Å². The number of benzene rings is 2. The van der Waals surface area contributed by atoms with Crippen molar-refractivity contribution in [2.24, 2.45) is 0 Å². The third kappa shape index (κ3) is 3.21. The molecular weight excluding hydrogens is 205 g/mol. The van der Waals surface area contributed by atoms with Gasteiger partial charge in [0.25, 0.3) is 0 Å². The molecule has 0 aromatic heterocycles. The number of rotatable bonds is 5. The van der Waals surface area contributed by atoms with Gasteiger partial charge >= 0.3 is 0 Å². The summed E-state index contributed by atoms with van der Waals surface area (Å²) < 4.78 is 0. The predicted octanol–water partition coefficient (Wildman–Crippen LogP) is 1.51. The molecule has 0 radical (unpaired) electrons. The van der Waals surface area contributed by atoms with Gasteiger partial charge in [-0.25, -0.2) is 0 Å². The van der Waals surface area contributed by atoms with Gasteiger partial charge in [0, 0.05) is 0 Å². The molecule has 0 aliphatic rings. The monoisotopic (exact) mass is 223 g/mol. The van der Waals surface area contributed by atoms with Crippen molar-refractivity contribution < 1.29 is 0 Å². The van der Waals surface area contributed by atoms with Crippen LogP contribution in [-0.4, -0.2) is 20.3 Å². The molecule has 86 valence electrons. The summed E-state index contributed by atoms with van der Waals surface area (Å²) in [5.41, 5.74) is 2.79. The predicted molar refractivity (Wildman–Crippen MR) is 76.6 cm³/mol. The summed E-state index contributed by atoms with van der Waals surface area (Å²) >= 11 is 0. The van der Waals surface area contributed by atoms with E-state index in [0.29, 0.717) is 6.71 Å². The Balaban J connectivity index is 2.26. The zero-order chi connectivity index (χ0) is 11.9. The zero-order valence-corrected chi connectivity index (χ0v) is 10.3. The van der Waals surface area contributed by atoms with Gasteiger partial charge in [0.05, 0.1) is 0 Å². The van der Waals surface area contributed by atoms with Crippen LogP contribution in [0.3, 0.4) is 0 Å². The Kier molecular flexibility index (Phi) is 4.40. The molecule has 2 aromatic rings. The third-order valence-electron chi connectivity index (χ3n) is 3.09. The van der Waals surface area contributed by atoms with E-state index in [2.05, 4.69) is 66.0 Å². The van der Waals surface area contributed by atoms with E-state index in [-0.39, 0.29) is 0 Å². The van der Waals surface area contributed by atoms with Crippen LogP contribution in [0.1, 0.15) is 0 Å². The van der Waals surface area contributed by atoms with Crippen LogP contribution in [0.5, 0.6) is 0 Å². The molecule has 0 heterocycles. The fourth-order valence-electron chi connectivity index (χ4n) is 2.19. The summed E-state index contributed by atoms with van der Waals surface area (Å²) in [5.74, 6) is 0. The lowest BCUT2D eigenvalue weighted by atomic mass is 9.39. The maximum Gasteiger partial charge on any atom is 0.210 e. The molecule has 0 spiro atoms. The van der Waals surface area contributed by atoms with Crippen LogP contribution >= 0.6 is 0 Å². The molecule has 0 unspecified atom stereocenters. The second kappa shape index (κ2) is 6.26. The average molecular weight is 223 g/mol. The van der Waals surface area contributed by atoms with Gasteiger partial charge in [0.15, 0.2) is 0 Å². The average Bonchev–Trinajstić information content (AvgIpc) is 2.42. The van der Waals surface area contributed by atoms with Crippen LogP contribution in [0.15, 0.2) is 60.7 Å². The van der Waals surface area contributed by atoms with E-state index in [1.165, 1.54) is 10.9 Å². The first kappa shape index (κ1) is 11.9. The molecule has 0 fully saturated rings. The van der Waals surface area contributed by atoms with E-state index >= 15 is 0 Å². The summed E-state index contributed by atoms with van der Waals surface area (Å²) in [6, 6.07) is 21.5. The first-order chi connectivity index (χ1) is 8.42. The van der Waals surface area contributed by atoms with Gasteiger partial charge in [-0.3, -0.25) is 0 Å². The maximum absolute atomic E-state index is 3.24. The molecule has 0 bridgehead atoms. The minimum atomic E-state index is 0.491. The van der Waals surface area contributed by atoms with E-state index < -0.39 is 0 Å². The van der Waals surface area contributed by atoms with E-state index in [1.54, 1.807) is 0 Å². The lowest BCUT2D eigenvalue weighted by molar-refractivity contribution is 0.858. The number of hydrogen-bond acceptors (Lipinski definition) is 1. The quantitative estimate of drug-likeness (QED) is 0.757. The molecule has 0 aliphatic heterocycles. The Hall–Kier alpha value is -1.54. The molecule has 2 aromatic carbocycles. The van der Waals surface area contributed by atoms with Gasteiger partial charge in [-0.1, -0.05) is 77.9 Å². The molecule has 2 heteroatoms. The summed E-state index contributed by atoms with van der Waals surface area (Å²) in [5, 5.41) is 3.24. The first-order valence-corrected chi connectivity index (χ1v) is 6.16. The van der Waals surface area contributed by atoms with Gasteiger partial charge in [-0.15, -0.1) is 0 Å². The van der Waals surface area contributed by atoms with E-state index in [9.17, 15) is 0 Å². The fourth-order valence-corrected chi connectivity index (χ4v) is 2.19. The summed E-state index contributed by atoms with van der Waals surface area (Å²) in [6.07, 6.45) is 1.13. The minimum Gasteiger partial charge on any atom is -0.320 e. The molecule has 0 atom stereocenters. The Morgan fingerprint density at radius 3 is 1.71 bits per heavy atom. The van der Waals surface area contributed by atoms with Crippen molar-refractivity contribution in [3.05, 3.63) is 60.7 Å². The molecule has 17 heavy (non-hydrogen) atoms. The Morgan fingerprint density at radius 1 is 0.824 bits per heavy atom. The topological polar surface area (TPSA) is 12.0 Å². The van der Waals surface area contributed by atoms with E-state index in [4.69, 9.17) is 0 Å². The van der Waals surface area contributed by atoms with Gasteiger partial charge < -0.3 is 5.32 Å². The standard InChI is InChI=1S/C15H18BN/c1-17-13-12-16(14-8-4-2-5-9-14)15-10-6-3-7-11-15/h2-11,17H,12-13H2,1H3. The third-order valence-corrected chi connectivity index (χ3v) is 3.09. The summed E-state index contributed by atoms with van der Waals surface area (Å²) in [6.45, 7) is 1.53. The highest BCUT2D eigenvalue weighted by atomic mass is 14.8. The smallest absolute Gasteiger partial charge is 0.210 e. The lowest BCUT2D eigenvalue weighted by Gasteiger charge is -2.14. The molecule has 0 saturated heterocycles. The van der Waals surface area contributed by atoms with Crippen molar-refractivity contribution in [2.45, 2.75) is 6.32 Å². The van der Waals surface area contributed by atoms with E-state index in [1.807, 2.05) is 7.05 Å². The SMILES string of the molecule is CNCCB(c1ccccc1)c1ccccc1. The highest BCUT2D eigenvalue weighted by Crippen LogP contribution is 1.97. The van der Waals surface area contributed by atoms with Crippen molar-refractivity contribution in [1.82, 2.24) is 5.32 Å². The largest absolute Gasteiger partial charge is 0.320 e. The van der Waals surface area contributed by atoms with Crippen LogP contribution in [0, 0.1) is 0 Å². The lowest BCUT2D eigenvalue weighted by Crippen LogP contribution is -2.43. The highest BCUT2D eigenvalue weighted by Gasteiger charge is 2.17. The molecule has 0 saturated carbocycles. The minimum absolute atomic E-state index is 0.491. The summed E-state index contributed by atoms with van der Waals surface area (Å²) in [4.78, 5) is 0. The van der Waals surface area contributed by atoms with Gasteiger partial charge in [0.1, 0.15) is 0 Å². The van der Waals surface area contributed by atoms with Gasteiger partial charge in [0.2, 0.25) is 6.71 Å². The van der Waals surface area contributed by atoms with Crippen LogP contribution in [0.2, 0.25) is 6.32 Å². The number of nitrogens with one attached hydrogen (secondary N) is 1. The van der Waals surface area contributed by atoms with Crippen LogP contribution < -0.4 is 16.2 Å². The molecular formula is C15H18BN. The van der Waals surface area contributed by atoms with Crippen molar-refractivity contribution >= 4 is 17.6 Å². The van der Waals surface area contributed by atoms with Gasteiger partial charge in [-0.05, 0) is 13.6 Å². The van der Waals surface area contributed by atoms with Crippen molar-refractivity contribution in [2.75, 3.05) is 13.6 Å². The molecule has 0 amide bonds. The molecule has 1 N–H and O–H groups in total. The fraction of sp³-hybridized carbons (Fsp3) is 0.200. The number of hydrogen-bond donors (Lipinski definition) is 1. The van der Waals surface area contributed by atoms with Crippen LogP contribution in [0.4, 0.5) is 0 Å². The Bertz CT molecular complexity index is 388. The molecule has 1 nitrogen and oxygen atoms in total. The van der Waals surface area contributed by atoms with Crippen molar-refractivity contribution in [1.29, 1.82) is 0 Å². The normalized spacial score (nSPS) is 10.2. The maximum atomic E-state index is 3.24. The van der Waals surface area contributed by atoms with Gasteiger partial charge in [-0.2, -0.15) is 0 Å². The highest BCUT2D eigenvalue weighted by molar-refractivity contribution is 6.85. The van der Waals surface area contributed by atoms with Crippen molar-refractivity contribution in [3.8, 4) is 0 Å². The van der Waals surface area contributed by atoms with E-state index in [0.717, 1.165) is 12.9 Å². The Morgan fingerprint density at radius 2 is 1.29 bits per heavy atom. The Labute approximate surface area is 104 Å². The second-order valence-corrected chi connectivity index (χ2v) is 4.27. The zero-order valence-electron chi connectivity index (χ0n) is 10.3. The van der Waals surface area contributed by atoms with Crippen LogP contribution in [-0.2, 0) is 0 Å². The first-order valence-electron chi connectivity index (χ1n) is 6.16. The van der Waals surface area contributed by atoms with Crippen molar-refractivity contribution in [3.63, 3.8) is 0 Å². The summed E-state index contributed by atoms with van der Waals surface area (Å²) in [7, 11) is 2.01. The second-order valence-electron chi connectivity index (χ2n) is 4.27. The molecule has 2 rings (SSSR count). The molecule has 0 aliphatic carbocycles.